The van der Waals surface area contributed by atoms with Gasteiger partial charge in [0.15, 0.2) is 11.2 Å². The summed E-state index contributed by atoms with van der Waals surface area (Å²) in [6.07, 6.45) is 1.53. The number of hydrogen-bond donors (Lipinski definition) is 0. The standard InChI is InChI=1S/C19H16BrN5O2/c1-2-27-16-9-7-15(8-10-16)25-18-17(22-23-25)19(26)24(12-21-18)11-13-3-5-14(20)6-4-13/h3-10,12H,2,11H2,1H3. The molecule has 136 valence electrons. The number of halogens is 1. The molecule has 0 amide bonds. The Bertz CT molecular complexity index is 1130. The first-order chi connectivity index (χ1) is 13.2. The molecule has 2 heterocycles. The molecule has 0 unspecified atom stereocenters. The second-order valence-electron chi connectivity index (χ2n) is 5.90. The molecule has 0 radical (unpaired) electrons. The van der Waals surface area contributed by atoms with Crippen molar-refractivity contribution in [2.24, 2.45) is 0 Å². The van der Waals surface area contributed by atoms with E-state index < -0.39 is 0 Å². The van der Waals surface area contributed by atoms with Crippen molar-refractivity contribution in [2.45, 2.75) is 13.5 Å². The van der Waals surface area contributed by atoms with Gasteiger partial charge in [-0.05, 0) is 48.9 Å². The Balaban J connectivity index is 1.69. The zero-order valence-corrected chi connectivity index (χ0v) is 16.1. The van der Waals surface area contributed by atoms with E-state index in [0.29, 0.717) is 18.8 Å². The van der Waals surface area contributed by atoms with E-state index in [1.807, 2.05) is 55.5 Å². The molecule has 0 atom stereocenters. The van der Waals surface area contributed by atoms with Crippen LogP contribution in [0.25, 0.3) is 16.9 Å². The van der Waals surface area contributed by atoms with Gasteiger partial charge in [0, 0.05) is 4.47 Å². The Labute approximate surface area is 163 Å². The van der Waals surface area contributed by atoms with Crippen molar-refractivity contribution in [3.8, 4) is 11.4 Å². The van der Waals surface area contributed by atoms with E-state index in [9.17, 15) is 4.79 Å². The summed E-state index contributed by atoms with van der Waals surface area (Å²) in [7, 11) is 0. The summed E-state index contributed by atoms with van der Waals surface area (Å²) < 4.78 is 9.52. The van der Waals surface area contributed by atoms with Crippen LogP contribution in [0.2, 0.25) is 0 Å². The molecular formula is C19H16BrN5O2. The van der Waals surface area contributed by atoms with E-state index in [-0.39, 0.29) is 11.1 Å². The number of aromatic nitrogens is 5. The molecule has 0 spiro atoms. The molecular weight excluding hydrogens is 410 g/mol. The topological polar surface area (TPSA) is 74.8 Å². The highest BCUT2D eigenvalue weighted by Crippen LogP contribution is 2.17. The molecule has 0 fully saturated rings. The van der Waals surface area contributed by atoms with Gasteiger partial charge < -0.3 is 4.74 Å². The quantitative estimate of drug-likeness (QED) is 0.490. The van der Waals surface area contributed by atoms with Crippen LogP contribution in [0.15, 0.2) is 64.1 Å². The average Bonchev–Trinajstić information content (AvgIpc) is 3.11. The lowest BCUT2D eigenvalue weighted by Gasteiger charge is -2.07. The van der Waals surface area contributed by atoms with Crippen molar-refractivity contribution in [3.63, 3.8) is 0 Å². The summed E-state index contributed by atoms with van der Waals surface area (Å²) in [4.78, 5) is 17.2. The molecule has 0 saturated heterocycles. The summed E-state index contributed by atoms with van der Waals surface area (Å²) in [6.45, 7) is 2.96. The zero-order chi connectivity index (χ0) is 18.8. The Morgan fingerprint density at radius 3 is 2.52 bits per heavy atom. The number of benzene rings is 2. The fourth-order valence-corrected chi connectivity index (χ4v) is 3.03. The molecule has 0 aliphatic carbocycles. The Kier molecular flexibility index (Phi) is 4.72. The van der Waals surface area contributed by atoms with Crippen LogP contribution < -0.4 is 10.3 Å². The average molecular weight is 426 g/mol. The minimum Gasteiger partial charge on any atom is -0.494 e. The molecule has 0 bridgehead atoms. The lowest BCUT2D eigenvalue weighted by molar-refractivity contribution is 0.340. The third-order valence-electron chi connectivity index (χ3n) is 4.09. The predicted molar refractivity (Wildman–Crippen MR) is 105 cm³/mol. The first kappa shape index (κ1) is 17.4. The number of hydrogen-bond acceptors (Lipinski definition) is 5. The van der Waals surface area contributed by atoms with Gasteiger partial charge in [-0.2, -0.15) is 4.68 Å². The molecule has 27 heavy (non-hydrogen) atoms. The maximum absolute atomic E-state index is 12.8. The molecule has 4 aromatic rings. The monoisotopic (exact) mass is 425 g/mol. The number of ether oxygens (including phenoxy) is 1. The van der Waals surface area contributed by atoms with Crippen LogP contribution in [0.4, 0.5) is 0 Å². The molecule has 8 heteroatoms. The third kappa shape index (κ3) is 3.48. The van der Waals surface area contributed by atoms with E-state index >= 15 is 0 Å². The van der Waals surface area contributed by atoms with E-state index in [1.165, 1.54) is 10.9 Å². The number of fused-ring (bicyclic) bond motifs is 1. The molecule has 2 aromatic carbocycles. The van der Waals surface area contributed by atoms with Crippen molar-refractivity contribution in [1.82, 2.24) is 24.5 Å². The largest absolute Gasteiger partial charge is 0.494 e. The van der Waals surface area contributed by atoms with Crippen LogP contribution >= 0.6 is 15.9 Å². The molecule has 0 saturated carbocycles. The molecule has 7 nitrogen and oxygen atoms in total. The molecule has 0 aliphatic heterocycles. The summed E-state index contributed by atoms with van der Waals surface area (Å²) in [5.41, 5.74) is 2.21. The second kappa shape index (κ2) is 7.32. The summed E-state index contributed by atoms with van der Waals surface area (Å²) >= 11 is 3.41. The Morgan fingerprint density at radius 1 is 1.07 bits per heavy atom. The normalized spacial score (nSPS) is 11.0. The summed E-state index contributed by atoms with van der Waals surface area (Å²) in [6, 6.07) is 15.2. The second-order valence-corrected chi connectivity index (χ2v) is 6.82. The van der Waals surface area contributed by atoms with Crippen LogP contribution in [0, 0.1) is 0 Å². The SMILES string of the molecule is CCOc1ccc(-n2nnc3c(=O)n(Cc4ccc(Br)cc4)cnc32)cc1. The fraction of sp³-hybridized carbons (Fsp3) is 0.158. The Morgan fingerprint density at radius 2 is 1.81 bits per heavy atom. The van der Waals surface area contributed by atoms with Crippen molar-refractivity contribution >= 4 is 27.1 Å². The molecule has 0 N–H and O–H groups in total. The van der Waals surface area contributed by atoms with Crippen LogP contribution in [-0.2, 0) is 6.54 Å². The highest BCUT2D eigenvalue weighted by Gasteiger charge is 2.13. The molecule has 2 aromatic heterocycles. The fourth-order valence-electron chi connectivity index (χ4n) is 2.77. The Hall–Kier alpha value is -3.00. The maximum Gasteiger partial charge on any atom is 0.283 e. The lowest BCUT2D eigenvalue weighted by atomic mass is 10.2. The van der Waals surface area contributed by atoms with Crippen molar-refractivity contribution < 1.29 is 4.74 Å². The van der Waals surface area contributed by atoms with Gasteiger partial charge in [-0.1, -0.05) is 33.3 Å². The van der Waals surface area contributed by atoms with Gasteiger partial charge in [-0.25, -0.2) is 4.98 Å². The van der Waals surface area contributed by atoms with E-state index in [1.54, 1.807) is 4.68 Å². The summed E-state index contributed by atoms with van der Waals surface area (Å²) in [5, 5.41) is 8.15. The van der Waals surface area contributed by atoms with E-state index in [2.05, 4.69) is 31.2 Å². The third-order valence-corrected chi connectivity index (χ3v) is 4.62. The van der Waals surface area contributed by atoms with Crippen molar-refractivity contribution in [1.29, 1.82) is 0 Å². The molecule has 0 aliphatic rings. The van der Waals surface area contributed by atoms with Crippen molar-refractivity contribution in [3.05, 3.63) is 75.2 Å². The van der Waals surface area contributed by atoms with E-state index in [0.717, 1.165) is 21.5 Å². The first-order valence-corrected chi connectivity index (χ1v) is 9.23. The maximum atomic E-state index is 12.8. The van der Waals surface area contributed by atoms with Crippen molar-refractivity contribution in [2.75, 3.05) is 6.61 Å². The van der Waals surface area contributed by atoms with Crippen LogP contribution in [-0.4, -0.2) is 31.2 Å². The van der Waals surface area contributed by atoms with Gasteiger partial charge in [-0.15, -0.1) is 5.10 Å². The minimum absolute atomic E-state index is 0.222. The van der Waals surface area contributed by atoms with Gasteiger partial charge in [-0.3, -0.25) is 9.36 Å². The summed E-state index contributed by atoms with van der Waals surface area (Å²) in [5.74, 6) is 0.774. The van der Waals surface area contributed by atoms with Gasteiger partial charge in [0.2, 0.25) is 0 Å². The highest BCUT2D eigenvalue weighted by molar-refractivity contribution is 9.10. The minimum atomic E-state index is -0.222. The van der Waals surface area contributed by atoms with Gasteiger partial charge in [0.1, 0.15) is 12.1 Å². The van der Waals surface area contributed by atoms with Gasteiger partial charge in [0.05, 0.1) is 18.8 Å². The van der Waals surface area contributed by atoms with Gasteiger partial charge in [0.25, 0.3) is 5.56 Å². The predicted octanol–water partition coefficient (Wildman–Crippen LogP) is 3.19. The lowest BCUT2D eigenvalue weighted by Crippen LogP contribution is -2.21. The smallest absolute Gasteiger partial charge is 0.283 e. The molecule has 4 rings (SSSR count). The first-order valence-electron chi connectivity index (χ1n) is 8.44. The van der Waals surface area contributed by atoms with Gasteiger partial charge >= 0.3 is 0 Å². The number of nitrogens with zero attached hydrogens (tertiary/aromatic N) is 5. The zero-order valence-electron chi connectivity index (χ0n) is 14.5. The van der Waals surface area contributed by atoms with Crippen LogP contribution in [0.5, 0.6) is 5.75 Å². The van der Waals surface area contributed by atoms with Crippen LogP contribution in [0.3, 0.4) is 0 Å². The van der Waals surface area contributed by atoms with Crippen LogP contribution in [0.1, 0.15) is 12.5 Å². The van der Waals surface area contributed by atoms with E-state index in [4.69, 9.17) is 4.74 Å². The number of rotatable bonds is 5. The highest BCUT2D eigenvalue weighted by atomic mass is 79.9.